The van der Waals surface area contributed by atoms with Crippen molar-refractivity contribution in [2.24, 2.45) is 0 Å². The predicted octanol–water partition coefficient (Wildman–Crippen LogP) is 3.29. The Morgan fingerprint density at radius 2 is 2.11 bits per heavy atom. The SMILES string of the molecule is C[S+](=O)(O)Nc1cccc(Nc2ncc(Br)c(NCCc3cnc[nH]3)n2)c1. The van der Waals surface area contributed by atoms with Gasteiger partial charge in [0.15, 0.2) is 6.26 Å². The Morgan fingerprint density at radius 1 is 1.30 bits per heavy atom. The molecule has 0 radical (unpaired) electrons. The van der Waals surface area contributed by atoms with Gasteiger partial charge in [0.25, 0.3) is 0 Å². The molecule has 0 fully saturated rings. The summed E-state index contributed by atoms with van der Waals surface area (Å²) in [5, 5.41) is 6.34. The number of hydrogen-bond acceptors (Lipinski definition) is 6. The van der Waals surface area contributed by atoms with Crippen molar-refractivity contribution in [3.63, 3.8) is 0 Å². The normalized spacial score (nSPS) is 13.0. The smallest absolute Gasteiger partial charge is 0.307 e. The molecule has 0 aliphatic heterocycles. The molecule has 0 spiro atoms. The number of halogens is 1. The molecule has 3 rings (SSSR count). The van der Waals surface area contributed by atoms with Crippen LogP contribution in [0.1, 0.15) is 5.69 Å². The number of hydrogen-bond donors (Lipinski definition) is 5. The van der Waals surface area contributed by atoms with Crippen LogP contribution in [0.15, 0.2) is 47.5 Å². The number of benzene rings is 1. The number of rotatable bonds is 8. The summed E-state index contributed by atoms with van der Waals surface area (Å²) in [6, 6.07) is 6.99. The third kappa shape index (κ3) is 6.01. The zero-order chi connectivity index (χ0) is 19.3. The number of nitrogens with zero attached hydrogens (tertiary/aromatic N) is 3. The van der Waals surface area contributed by atoms with Crippen LogP contribution in [0.5, 0.6) is 0 Å². The van der Waals surface area contributed by atoms with Crippen LogP contribution < -0.4 is 15.4 Å². The zero-order valence-corrected chi connectivity index (χ0v) is 16.8. The van der Waals surface area contributed by atoms with Gasteiger partial charge in [-0.05, 0) is 38.3 Å². The molecule has 2 aromatic heterocycles. The van der Waals surface area contributed by atoms with Gasteiger partial charge >= 0.3 is 10.4 Å². The minimum atomic E-state index is -3.09. The van der Waals surface area contributed by atoms with E-state index < -0.39 is 10.4 Å². The van der Waals surface area contributed by atoms with E-state index >= 15 is 0 Å². The molecule has 2 heterocycles. The first-order chi connectivity index (χ1) is 12.9. The number of H-pyrrole nitrogens is 1. The van der Waals surface area contributed by atoms with E-state index in [2.05, 4.69) is 51.2 Å². The summed E-state index contributed by atoms with van der Waals surface area (Å²) in [7, 11) is -3.09. The van der Waals surface area contributed by atoms with Crippen molar-refractivity contribution in [2.45, 2.75) is 6.42 Å². The van der Waals surface area contributed by atoms with Crippen LogP contribution in [-0.4, -0.2) is 37.3 Å². The van der Waals surface area contributed by atoms with Gasteiger partial charge in [-0.3, -0.25) is 0 Å². The van der Waals surface area contributed by atoms with Crippen LogP contribution in [0.25, 0.3) is 0 Å². The fourth-order valence-corrected chi connectivity index (χ4v) is 3.19. The van der Waals surface area contributed by atoms with E-state index in [4.69, 9.17) is 0 Å². The van der Waals surface area contributed by atoms with Gasteiger partial charge in [-0.15, -0.1) is 0 Å². The first-order valence-electron chi connectivity index (χ1n) is 7.99. The van der Waals surface area contributed by atoms with Crippen LogP contribution >= 0.6 is 15.9 Å². The highest BCUT2D eigenvalue weighted by Gasteiger charge is 2.15. The standard InChI is InChI=1S/C16H18BrN7O2S/c1-27(25,26)24-12-4-2-3-11(7-12)22-16-20-9-14(17)15(23-16)19-6-5-13-8-18-10-21-13/h2-4,7-10H,5-6H2,1H3,(H4-,18,19,20,21,22,23,24,25,26)/p+1. The average Bonchev–Trinajstić information content (AvgIpc) is 3.10. The largest absolute Gasteiger partial charge is 0.369 e. The lowest BCUT2D eigenvalue weighted by Gasteiger charge is -2.11. The Balaban J connectivity index is 1.66. The maximum Gasteiger partial charge on any atom is 0.307 e. The molecule has 1 aromatic carbocycles. The topological polar surface area (TPSA) is 128 Å². The Labute approximate surface area is 166 Å². The molecular formula is C16H19BrN7O2S+. The van der Waals surface area contributed by atoms with Crippen molar-refractivity contribution in [1.29, 1.82) is 0 Å². The molecule has 1 unspecified atom stereocenters. The highest BCUT2D eigenvalue weighted by molar-refractivity contribution is 9.10. The zero-order valence-electron chi connectivity index (χ0n) is 14.4. The van der Waals surface area contributed by atoms with E-state index in [9.17, 15) is 8.76 Å². The van der Waals surface area contributed by atoms with Gasteiger partial charge in [0.1, 0.15) is 5.82 Å². The molecule has 3 aromatic rings. The first-order valence-corrected chi connectivity index (χ1v) is 10.7. The average molecular weight is 453 g/mol. The van der Waals surface area contributed by atoms with Crippen molar-refractivity contribution in [1.82, 2.24) is 19.9 Å². The number of aromatic nitrogens is 4. The predicted molar refractivity (Wildman–Crippen MR) is 110 cm³/mol. The summed E-state index contributed by atoms with van der Waals surface area (Å²) >= 11 is 3.43. The third-order valence-electron chi connectivity index (χ3n) is 3.41. The van der Waals surface area contributed by atoms with Gasteiger partial charge < -0.3 is 15.6 Å². The molecular weight excluding hydrogens is 434 g/mol. The van der Waals surface area contributed by atoms with Crippen LogP contribution in [0, 0.1) is 0 Å². The van der Waals surface area contributed by atoms with E-state index in [-0.39, 0.29) is 0 Å². The summed E-state index contributed by atoms with van der Waals surface area (Å²) in [5.74, 6) is 1.06. The van der Waals surface area contributed by atoms with E-state index in [0.717, 1.165) is 16.6 Å². The molecule has 0 aliphatic rings. The fourth-order valence-electron chi connectivity index (χ4n) is 2.30. The summed E-state index contributed by atoms with van der Waals surface area (Å²) in [6.07, 6.45) is 7.08. The number of aromatic amines is 1. The fraction of sp³-hybridized carbons (Fsp3) is 0.188. The van der Waals surface area contributed by atoms with Crippen molar-refractivity contribution >= 4 is 49.5 Å². The van der Waals surface area contributed by atoms with Crippen LogP contribution in [-0.2, 0) is 21.0 Å². The molecule has 0 amide bonds. The minimum absolute atomic E-state index is 0.403. The van der Waals surface area contributed by atoms with E-state index in [1.54, 1.807) is 36.9 Å². The van der Waals surface area contributed by atoms with Gasteiger partial charge in [-0.25, -0.2) is 9.97 Å². The molecule has 27 heavy (non-hydrogen) atoms. The van der Waals surface area contributed by atoms with Gasteiger partial charge in [0.05, 0.1) is 16.5 Å². The number of imidazole rings is 1. The van der Waals surface area contributed by atoms with Gasteiger partial charge in [0.2, 0.25) is 5.95 Å². The van der Waals surface area contributed by atoms with Crippen molar-refractivity contribution < 1.29 is 8.76 Å². The quantitative estimate of drug-likeness (QED) is 0.331. The first kappa shape index (κ1) is 19.3. The molecule has 5 N–H and O–H groups in total. The Bertz CT molecular complexity index is 946. The molecule has 0 saturated heterocycles. The number of nitrogens with one attached hydrogen (secondary N) is 4. The van der Waals surface area contributed by atoms with Gasteiger partial charge in [-0.2, -0.15) is 14.3 Å². The molecule has 0 saturated carbocycles. The lowest BCUT2D eigenvalue weighted by atomic mass is 10.3. The van der Waals surface area contributed by atoms with Crippen molar-refractivity contribution in [3.05, 3.63) is 53.2 Å². The second kappa shape index (κ2) is 8.46. The maximum absolute atomic E-state index is 11.5. The monoisotopic (exact) mass is 452 g/mol. The van der Waals surface area contributed by atoms with E-state index in [1.165, 1.54) is 6.26 Å². The highest BCUT2D eigenvalue weighted by Crippen LogP contribution is 2.23. The number of anilines is 4. The molecule has 142 valence electrons. The van der Waals surface area contributed by atoms with E-state index in [1.807, 2.05) is 6.07 Å². The Morgan fingerprint density at radius 3 is 2.85 bits per heavy atom. The summed E-state index contributed by atoms with van der Waals surface area (Å²) in [4.78, 5) is 15.7. The maximum atomic E-state index is 11.5. The lowest BCUT2D eigenvalue weighted by Crippen LogP contribution is -2.17. The third-order valence-corrected chi connectivity index (χ3v) is 4.61. The van der Waals surface area contributed by atoms with Gasteiger partial charge in [0, 0.05) is 36.7 Å². The van der Waals surface area contributed by atoms with Crippen molar-refractivity contribution in [2.75, 3.05) is 28.2 Å². The molecule has 1 atom stereocenters. The summed E-state index contributed by atoms with van der Waals surface area (Å²) in [6.45, 7) is 0.679. The summed E-state index contributed by atoms with van der Waals surface area (Å²) < 4.78 is 24.2. The second-order valence-corrected chi connectivity index (χ2v) is 8.42. The molecule has 0 aliphatic carbocycles. The van der Waals surface area contributed by atoms with Crippen LogP contribution in [0.3, 0.4) is 0 Å². The van der Waals surface area contributed by atoms with Crippen LogP contribution in [0.2, 0.25) is 0 Å². The highest BCUT2D eigenvalue weighted by atomic mass is 79.9. The molecule has 0 bridgehead atoms. The lowest BCUT2D eigenvalue weighted by molar-refractivity contribution is 0.509. The molecule has 11 heteroatoms. The molecule has 9 nitrogen and oxygen atoms in total. The minimum Gasteiger partial charge on any atom is -0.369 e. The van der Waals surface area contributed by atoms with E-state index in [0.29, 0.717) is 29.7 Å². The van der Waals surface area contributed by atoms with Crippen LogP contribution in [0.4, 0.5) is 23.1 Å². The van der Waals surface area contributed by atoms with Gasteiger partial charge in [-0.1, -0.05) is 6.07 Å². The second-order valence-electron chi connectivity index (χ2n) is 5.75. The summed E-state index contributed by atoms with van der Waals surface area (Å²) in [5.41, 5.74) is 2.24. The van der Waals surface area contributed by atoms with Crippen molar-refractivity contribution in [3.8, 4) is 0 Å². The Kier molecular flexibility index (Phi) is 6.04. The Hall–Kier alpha value is -2.50.